The van der Waals surface area contributed by atoms with Gasteiger partial charge in [0, 0.05) is 25.2 Å². The van der Waals surface area contributed by atoms with Crippen LogP contribution in [0, 0.1) is 0 Å². The molecule has 1 heterocycles. The largest absolute Gasteiger partial charge is 0.468 e. The lowest BCUT2D eigenvalue weighted by Crippen LogP contribution is -2.43. The van der Waals surface area contributed by atoms with E-state index in [0.29, 0.717) is 12.1 Å². The van der Waals surface area contributed by atoms with E-state index in [1.165, 1.54) is 12.7 Å². The third kappa shape index (κ3) is 3.58. The van der Waals surface area contributed by atoms with Crippen LogP contribution in [0.3, 0.4) is 0 Å². The summed E-state index contributed by atoms with van der Waals surface area (Å²) in [6.07, 6.45) is 1.07. The first-order chi connectivity index (χ1) is 9.61. The second-order valence-corrected chi connectivity index (χ2v) is 5.48. The molecule has 1 aromatic carbocycles. The smallest absolute Gasteiger partial charge is 0.322 e. The van der Waals surface area contributed by atoms with Crippen LogP contribution in [0.4, 0.5) is 0 Å². The van der Waals surface area contributed by atoms with E-state index in [2.05, 4.69) is 41.4 Å². The van der Waals surface area contributed by atoms with Crippen molar-refractivity contribution < 1.29 is 9.53 Å². The lowest BCUT2D eigenvalue weighted by Gasteiger charge is -2.25. The zero-order valence-electron chi connectivity index (χ0n) is 12.5. The lowest BCUT2D eigenvalue weighted by atomic mass is 10.1. The van der Waals surface area contributed by atoms with Crippen molar-refractivity contribution in [1.82, 2.24) is 10.2 Å². The molecule has 4 nitrogen and oxygen atoms in total. The van der Waals surface area contributed by atoms with E-state index in [-0.39, 0.29) is 12.0 Å². The van der Waals surface area contributed by atoms with E-state index < -0.39 is 0 Å². The number of benzene rings is 1. The van der Waals surface area contributed by atoms with Gasteiger partial charge in [-0.1, -0.05) is 30.3 Å². The molecule has 1 aromatic rings. The average Bonchev–Trinajstić information content (AvgIpc) is 2.94. The highest BCUT2D eigenvalue weighted by Crippen LogP contribution is 2.24. The average molecular weight is 276 g/mol. The highest BCUT2D eigenvalue weighted by molar-refractivity contribution is 5.75. The zero-order valence-corrected chi connectivity index (χ0v) is 12.5. The fraction of sp³-hybridized carbons (Fsp3) is 0.562. The van der Waals surface area contributed by atoms with E-state index in [1.54, 1.807) is 0 Å². The molecule has 0 amide bonds. The van der Waals surface area contributed by atoms with E-state index in [0.717, 1.165) is 19.5 Å². The monoisotopic (exact) mass is 276 g/mol. The highest BCUT2D eigenvalue weighted by Gasteiger charge is 2.28. The van der Waals surface area contributed by atoms with Gasteiger partial charge in [-0.15, -0.1) is 0 Å². The number of likely N-dealkylation sites (tertiary alicyclic amines) is 1. The number of hydrogen-bond acceptors (Lipinski definition) is 4. The molecule has 0 radical (unpaired) electrons. The Morgan fingerprint density at radius 2 is 2.05 bits per heavy atom. The van der Waals surface area contributed by atoms with Crippen molar-refractivity contribution in [3.05, 3.63) is 35.9 Å². The van der Waals surface area contributed by atoms with Crippen molar-refractivity contribution in [3.8, 4) is 0 Å². The van der Waals surface area contributed by atoms with Gasteiger partial charge in [-0.2, -0.15) is 0 Å². The van der Waals surface area contributed by atoms with Crippen LogP contribution in [-0.2, 0) is 9.53 Å². The number of nitrogens with one attached hydrogen (secondary N) is 1. The number of rotatable bonds is 5. The number of hydrogen-bond donors (Lipinski definition) is 1. The maximum atomic E-state index is 11.4. The first-order valence-corrected chi connectivity index (χ1v) is 7.24. The second kappa shape index (κ2) is 6.86. The van der Waals surface area contributed by atoms with Gasteiger partial charge in [0.2, 0.25) is 0 Å². The summed E-state index contributed by atoms with van der Waals surface area (Å²) >= 11 is 0. The Kier molecular flexibility index (Phi) is 5.15. The van der Waals surface area contributed by atoms with E-state index in [9.17, 15) is 4.79 Å². The standard InChI is InChI=1S/C16H24N2O2/c1-12(16(19)20-3)17-15-9-10-18(11-15)13(2)14-7-5-4-6-8-14/h4-8,12-13,15,17H,9-11H2,1-3H3/t12-,13+,15-/m0/s1. The minimum atomic E-state index is -0.239. The van der Waals surface area contributed by atoms with Gasteiger partial charge in [0.05, 0.1) is 7.11 Å². The molecule has 0 aromatic heterocycles. The number of esters is 1. The molecule has 110 valence electrons. The van der Waals surface area contributed by atoms with Crippen LogP contribution in [0.25, 0.3) is 0 Å². The van der Waals surface area contributed by atoms with Gasteiger partial charge in [0.25, 0.3) is 0 Å². The predicted octanol–water partition coefficient (Wildman–Crippen LogP) is 1.97. The Hall–Kier alpha value is -1.39. The van der Waals surface area contributed by atoms with Gasteiger partial charge in [-0.25, -0.2) is 0 Å². The fourth-order valence-corrected chi connectivity index (χ4v) is 2.82. The number of carbonyl (C=O) groups excluding carboxylic acids is 1. The molecule has 1 aliphatic rings. The molecule has 1 fully saturated rings. The first kappa shape index (κ1) is 15.0. The molecule has 3 atom stereocenters. The molecule has 0 aliphatic carbocycles. The maximum Gasteiger partial charge on any atom is 0.322 e. The maximum absolute atomic E-state index is 11.4. The minimum absolute atomic E-state index is 0.195. The van der Waals surface area contributed by atoms with Gasteiger partial charge in [-0.3, -0.25) is 9.69 Å². The van der Waals surface area contributed by atoms with Crippen molar-refractivity contribution >= 4 is 5.97 Å². The van der Waals surface area contributed by atoms with Crippen LogP contribution in [-0.4, -0.2) is 43.2 Å². The molecule has 1 saturated heterocycles. The van der Waals surface area contributed by atoms with Crippen LogP contribution in [0.5, 0.6) is 0 Å². The van der Waals surface area contributed by atoms with Gasteiger partial charge in [0.15, 0.2) is 0 Å². The summed E-state index contributed by atoms with van der Waals surface area (Å²) in [6.45, 7) is 6.12. The SMILES string of the molecule is COC(=O)[C@H](C)N[C@H]1CCN([C@H](C)c2ccccc2)C1. The summed E-state index contributed by atoms with van der Waals surface area (Å²) in [5, 5.41) is 3.35. The summed E-state index contributed by atoms with van der Waals surface area (Å²) in [4.78, 5) is 13.9. The zero-order chi connectivity index (χ0) is 14.5. The Morgan fingerprint density at radius 1 is 1.35 bits per heavy atom. The topological polar surface area (TPSA) is 41.6 Å². The fourth-order valence-electron chi connectivity index (χ4n) is 2.82. The van der Waals surface area contributed by atoms with E-state index in [4.69, 9.17) is 4.74 Å². The predicted molar refractivity (Wildman–Crippen MR) is 79.4 cm³/mol. The Balaban J connectivity index is 1.88. The Morgan fingerprint density at radius 3 is 2.70 bits per heavy atom. The van der Waals surface area contributed by atoms with Crippen molar-refractivity contribution in [1.29, 1.82) is 0 Å². The van der Waals surface area contributed by atoms with Gasteiger partial charge in [0.1, 0.15) is 6.04 Å². The van der Waals surface area contributed by atoms with Gasteiger partial charge in [-0.05, 0) is 25.8 Å². The van der Waals surface area contributed by atoms with Crippen LogP contribution >= 0.6 is 0 Å². The molecule has 0 saturated carbocycles. The molecule has 1 aliphatic heterocycles. The summed E-state index contributed by atoms with van der Waals surface area (Å²) in [6, 6.07) is 11.1. The van der Waals surface area contributed by atoms with Crippen LogP contribution in [0.2, 0.25) is 0 Å². The molecule has 20 heavy (non-hydrogen) atoms. The molecule has 2 rings (SSSR count). The summed E-state index contributed by atoms with van der Waals surface area (Å²) in [5.74, 6) is -0.195. The van der Waals surface area contributed by atoms with Crippen molar-refractivity contribution in [2.24, 2.45) is 0 Å². The normalized spacial score (nSPS) is 22.4. The highest BCUT2D eigenvalue weighted by atomic mass is 16.5. The summed E-state index contributed by atoms with van der Waals surface area (Å²) in [7, 11) is 1.43. The van der Waals surface area contributed by atoms with Crippen molar-refractivity contribution in [2.75, 3.05) is 20.2 Å². The van der Waals surface area contributed by atoms with Crippen LogP contribution in [0.15, 0.2) is 30.3 Å². The number of ether oxygens (including phenoxy) is 1. The molecule has 0 unspecified atom stereocenters. The Labute approximate surface area is 121 Å². The quantitative estimate of drug-likeness (QED) is 0.835. The molecule has 1 N–H and O–H groups in total. The molecule has 0 spiro atoms. The van der Waals surface area contributed by atoms with Crippen molar-refractivity contribution in [2.45, 2.75) is 38.4 Å². The molecule has 0 bridgehead atoms. The third-order valence-electron chi connectivity index (χ3n) is 4.09. The minimum Gasteiger partial charge on any atom is -0.468 e. The number of carbonyl (C=O) groups is 1. The molecular formula is C16H24N2O2. The Bertz CT molecular complexity index is 435. The number of methoxy groups -OCH3 is 1. The van der Waals surface area contributed by atoms with E-state index in [1.807, 2.05) is 13.0 Å². The van der Waals surface area contributed by atoms with Crippen molar-refractivity contribution in [3.63, 3.8) is 0 Å². The van der Waals surface area contributed by atoms with Gasteiger partial charge >= 0.3 is 5.97 Å². The summed E-state index contributed by atoms with van der Waals surface area (Å²) < 4.78 is 4.75. The first-order valence-electron chi connectivity index (χ1n) is 7.24. The molecular weight excluding hydrogens is 252 g/mol. The number of nitrogens with zero attached hydrogens (tertiary/aromatic N) is 1. The van der Waals surface area contributed by atoms with Crippen LogP contribution in [0.1, 0.15) is 31.9 Å². The third-order valence-corrected chi connectivity index (χ3v) is 4.09. The van der Waals surface area contributed by atoms with Gasteiger partial charge < -0.3 is 10.1 Å². The molecule has 4 heteroatoms. The summed E-state index contributed by atoms with van der Waals surface area (Å²) in [5.41, 5.74) is 1.34. The van der Waals surface area contributed by atoms with E-state index >= 15 is 0 Å². The lowest BCUT2D eigenvalue weighted by molar-refractivity contribution is -0.142. The second-order valence-electron chi connectivity index (χ2n) is 5.48. The van der Waals surface area contributed by atoms with Crippen LogP contribution < -0.4 is 5.32 Å².